The number of nitrogens with one attached hydrogen (secondary N) is 1. The number of aromatic nitrogens is 1. The van der Waals surface area contributed by atoms with Crippen molar-refractivity contribution in [2.24, 2.45) is 5.10 Å². The number of fused-ring (bicyclic) bond motifs is 1. The largest absolute Gasteiger partial charge is 0.367 e. The lowest BCUT2D eigenvalue weighted by molar-refractivity contribution is 0.0953. The van der Waals surface area contributed by atoms with Gasteiger partial charge in [-0.3, -0.25) is 9.59 Å². The first kappa shape index (κ1) is 24.2. The maximum absolute atomic E-state index is 15.1. The molecule has 34 heavy (non-hydrogen) atoms. The van der Waals surface area contributed by atoms with Crippen LogP contribution < -0.4 is 15.8 Å². The fraction of sp³-hybridized carbons (Fsp3) is 0.292. The van der Waals surface area contributed by atoms with Crippen molar-refractivity contribution in [3.05, 3.63) is 73.7 Å². The quantitative estimate of drug-likeness (QED) is 0.422. The van der Waals surface area contributed by atoms with Crippen LogP contribution in [0, 0.1) is 5.82 Å². The van der Waals surface area contributed by atoms with Crippen LogP contribution in [0.3, 0.4) is 0 Å². The average molecular weight is 504 g/mol. The molecule has 1 amide bonds. The maximum atomic E-state index is 15.1. The third-order valence-electron chi connectivity index (χ3n) is 5.94. The molecule has 178 valence electrons. The lowest BCUT2D eigenvalue weighted by atomic mass is 10.1. The van der Waals surface area contributed by atoms with E-state index in [4.69, 9.17) is 23.2 Å². The molecule has 3 aromatic rings. The molecular formula is C24H24Cl2FN5O2. The predicted molar refractivity (Wildman–Crippen MR) is 135 cm³/mol. The monoisotopic (exact) mass is 503 g/mol. The first-order chi connectivity index (χ1) is 16.3. The van der Waals surface area contributed by atoms with Crippen LogP contribution in [-0.2, 0) is 6.54 Å². The summed E-state index contributed by atoms with van der Waals surface area (Å²) in [7, 11) is 2.03. The zero-order valence-electron chi connectivity index (χ0n) is 18.8. The number of hydrogen-bond donors (Lipinski definition) is 1. The van der Waals surface area contributed by atoms with Crippen LogP contribution in [0.15, 0.2) is 46.4 Å². The zero-order valence-corrected chi connectivity index (χ0v) is 20.3. The lowest BCUT2D eigenvalue weighted by Crippen LogP contribution is -2.44. The number of halogens is 3. The smallest absolute Gasteiger partial charge is 0.276 e. The van der Waals surface area contributed by atoms with Crippen LogP contribution in [0.5, 0.6) is 0 Å². The van der Waals surface area contributed by atoms with Crippen molar-refractivity contribution in [3.8, 4) is 0 Å². The van der Waals surface area contributed by atoms with Gasteiger partial charge in [-0.05, 0) is 38.2 Å². The number of carbonyl (C=O) groups excluding carboxylic acids is 1. The summed E-state index contributed by atoms with van der Waals surface area (Å²) in [5.41, 5.74) is 3.11. The second kappa shape index (κ2) is 10.1. The molecule has 7 nitrogen and oxygen atoms in total. The molecule has 0 unspecified atom stereocenters. The number of aryl methyl sites for hydroxylation is 1. The van der Waals surface area contributed by atoms with Crippen molar-refractivity contribution in [1.29, 1.82) is 0 Å². The molecule has 0 radical (unpaired) electrons. The van der Waals surface area contributed by atoms with Gasteiger partial charge in [-0.1, -0.05) is 29.3 Å². The number of pyridine rings is 1. The van der Waals surface area contributed by atoms with E-state index < -0.39 is 17.2 Å². The molecule has 0 spiro atoms. The Hall–Kier alpha value is -2.94. The zero-order chi connectivity index (χ0) is 24.4. The highest BCUT2D eigenvalue weighted by atomic mass is 35.5. The number of amides is 1. The number of rotatable bonds is 5. The van der Waals surface area contributed by atoms with E-state index in [1.807, 2.05) is 18.9 Å². The van der Waals surface area contributed by atoms with Crippen molar-refractivity contribution in [2.45, 2.75) is 13.5 Å². The number of benzene rings is 2. The highest BCUT2D eigenvalue weighted by molar-refractivity contribution is 6.38. The van der Waals surface area contributed by atoms with Gasteiger partial charge in [0.2, 0.25) is 5.43 Å². The van der Waals surface area contributed by atoms with E-state index in [-0.39, 0.29) is 10.9 Å². The Kier molecular flexibility index (Phi) is 7.21. The van der Waals surface area contributed by atoms with E-state index in [2.05, 4.69) is 15.4 Å². The van der Waals surface area contributed by atoms with Gasteiger partial charge >= 0.3 is 0 Å². The van der Waals surface area contributed by atoms with Crippen molar-refractivity contribution in [3.63, 3.8) is 0 Å². The normalized spacial score (nSPS) is 14.8. The van der Waals surface area contributed by atoms with E-state index in [0.29, 0.717) is 46.4 Å². The summed E-state index contributed by atoms with van der Waals surface area (Å²) in [5.74, 6) is -1.20. The Labute approximate surface area is 206 Å². The molecule has 2 heterocycles. The summed E-state index contributed by atoms with van der Waals surface area (Å²) in [4.78, 5) is 30.0. The van der Waals surface area contributed by atoms with Crippen LogP contribution in [0.25, 0.3) is 10.9 Å². The lowest BCUT2D eigenvalue weighted by Gasteiger charge is -2.34. The van der Waals surface area contributed by atoms with Gasteiger partial charge in [0.25, 0.3) is 5.91 Å². The molecule has 1 aliphatic rings. The molecule has 0 aliphatic carbocycles. The third kappa shape index (κ3) is 4.80. The number of anilines is 1. The topological polar surface area (TPSA) is 69.9 Å². The molecule has 10 heteroatoms. The van der Waals surface area contributed by atoms with Gasteiger partial charge in [0.1, 0.15) is 11.4 Å². The van der Waals surface area contributed by atoms with E-state index in [1.54, 1.807) is 28.8 Å². The fourth-order valence-electron chi connectivity index (χ4n) is 3.96. The van der Waals surface area contributed by atoms with Crippen LogP contribution in [0.4, 0.5) is 10.1 Å². The second-order valence-electron chi connectivity index (χ2n) is 8.10. The van der Waals surface area contributed by atoms with Gasteiger partial charge in [-0.2, -0.15) is 5.10 Å². The minimum atomic E-state index is -0.711. The van der Waals surface area contributed by atoms with Crippen LogP contribution in [0.1, 0.15) is 22.8 Å². The highest BCUT2D eigenvalue weighted by Crippen LogP contribution is 2.26. The van der Waals surface area contributed by atoms with Crippen LogP contribution in [-0.4, -0.2) is 54.8 Å². The molecule has 1 saturated heterocycles. The van der Waals surface area contributed by atoms with Crippen LogP contribution >= 0.6 is 23.2 Å². The molecule has 0 bridgehead atoms. The first-order valence-corrected chi connectivity index (χ1v) is 11.6. The Morgan fingerprint density at radius 3 is 2.50 bits per heavy atom. The number of hydrazone groups is 1. The summed E-state index contributed by atoms with van der Waals surface area (Å²) in [6, 6.07) is 7.90. The van der Waals surface area contributed by atoms with Gasteiger partial charge in [0.15, 0.2) is 0 Å². The van der Waals surface area contributed by atoms with E-state index in [9.17, 15) is 9.59 Å². The van der Waals surface area contributed by atoms with Crippen molar-refractivity contribution >= 4 is 51.9 Å². The molecule has 0 atom stereocenters. The summed E-state index contributed by atoms with van der Waals surface area (Å²) < 4.78 is 16.8. The molecule has 1 aliphatic heterocycles. The molecule has 1 fully saturated rings. The Balaban J connectivity index is 1.67. The maximum Gasteiger partial charge on any atom is 0.276 e. The number of hydrogen-bond acceptors (Lipinski definition) is 5. The van der Waals surface area contributed by atoms with Gasteiger partial charge in [-0.15, -0.1) is 0 Å². The van der Waals surface area contributed by atoms with E-state index >= 15 is 4.39 Å². The van der Waals surface area contributed by atoms with Crippen molar-refractivity contribution in [2.75, 3.05) is 38.1 Å². The number of carbonyl (C=O) groups is 1. The van der Waals surface area contributed by atoms with Crippen molar-refractivity contribution in [1.82, 2.24) is 14.9 Å². The SMILES string of the molecule is CCn1cc(C(=O)N/N=C/c2c(Cl)cccc2Cl)c(=O)c2cc(F)c(N3CCN(C)CC3)cc21. The molecule has 0 saturated carbocycles. The Morgan fingerprint density at radius 2 is 1.85 bits per heavy atom. The minimum Gasteiger partial charge on any atom is -0.367 e. The van der Waals surface area contributed by atoms with Gasteiger partial charge in [-0.25, -0.2) is 9.82 Å². The van der Waals surface area contributed by atoms with E-state index in [1.165, 1.54) is 18.5 Å². The average Bonchev–Trinajstić information content (AvgIpc) is 2.82. The summed E-state index contributed by atoms with van der Waals surface area (Å²) >= 11 is 12.2. The molecule has 1 aromatic heterocycles. The molecular weight excluding hydrogens is 480 g/mol. The number of nitrogens with zero attached hydrogens (tertiary/aromatic N) is 4. The first-order valence-electron chi connectivity index (χ1n) is 10.9. The predicted octanol–water partition coefficient (Wildman–Crippen LogP) is 3.98. The number of piperazine rings is 1. The van der Waals surface area contributed by atoms with Gasteiger partial charge in [0.05, 0.1) is 27.5 Å². The third-order valence-corrected chi connectivity index (χ3v) is 6.60. The second-order valence-corrected chi connectivity index (χ2v) is 8.92. The van der Waals surface area contributed by atoms with Gasteiger partial charge in [0, 0.05) is 49.9 Å². The Morgan fingerprint density at radius 1 is 1.18 bits per heavy atom. The standard InChI is InChI=1S/C24H24Cl2FN5O2/c1-3-31-14-17(24(34)29-28-13-16-18(25)5-4-6-19(16)26)23(33)15-11-20(27)22(12-21(15)31)32-9-7-30(2)8-10-32/h4-6,11-14H,3,7-10H2,1-2H3,(H,29,34)/b28-13+. The summed E-state index contributed by atoms with van der Waals surface area (Å²) in [6.45, 7) is 5.44. The molecule has 2 aromatic carbocycles. The van der Waals surface area contributed by atoms with Crippen molar-refractivity contribution < 1.29 is 9.18 Å². The highest BCUT2D eigenvalue weighted by Gasteiger charge is 2.21. The molecule has 1 N–H and O–H groups in total. The van der Waals surface area contributed by atoms with E-state index in [0.717, 1.165) is 13.1 Å². The minimum absolute atomic E-state index is 0.136. The molecule has 4 rings (SSSR count). The van der Waals surface area contributed by atoms with Crippen LogP contribution in [0.2, 0.25) is 10.0 Å². The summed E-state index contributed by atoms with van der Waals surface area (Å²) in [5, 5.41) is 4.77. The Bertz CT molecular complexity index is 1310. The fourth-order valence-corrected chi connectivity index (χ4v) is 4.46. The number of likely N-dealkylation sites (N-methyl/N-ethyl adjacent to an activating group) is 1. The van der Waals surface area contributed by atoms with Gasteiger partial charge < -0.3 is 14.4 Å². The summed E-state index contributed by atoms with van der Waals surface area (Å²) in [6.07, 6.45) is 2.79.